The molecule has 3 aromatic heterocycles. The lowest BCUT2D eigenvalue weighted by atomic mass is 9.91. The molecule has 0 unspecified atom stereocenters. The van der Waals surface area contributed by atoms with Crippen molar-refractivity contribution in [1.29, 1.82) is 0 Å². The van der Waals surface area contributed by atoms with E-state index in [1.165, 1.54) is 36.7 Å². The number of nitrogens with zero attached hydrogens (tertiary/aromatic N) is 8. The number of benzene rings is 3. The lowest BCUT2D eigenvalue weighted by molar-refractivity contribution is -0.121. The number of H-pyrrole nitrogens is 1. The van der Waals surface area contributed by atoms with Crippen LogP contribution in [0, 0.1) is 11.6 Å². The van der Waals surface area contributed by atoms with Gasteiger partial charge in [-0.1, -0.05) is 26.0 Å². The predicted octanol–water partition coefficient (Wildman–Crippen LogP) is 6.51. The fraction of sp³-hybridized carbons (Fsp3) is 0.518. The highest BCUT2D eigenvalue weighted by Gasteiger charge is 2.41. The largest absolute Gasteiger partial charge is 0.490 e. The summed E-state index contributed by atoms with van der Waals surface area (Å²) in [6.45, 7) is 23.1. The molecule has 0 radical (unpaired) electrons. The van der Waals surface area contributed by atoms with Crippen LogP contribution in [0.4, 0.5) is 26.1 Å². The van der Waals surface area contributed by atoms with Crippen LogP contribution in [0.15, 0.2) is 78.1 Å². The first-order chi connectivity index (χ1) is 36.8. The van der Waals surface area contributed by atoms with E-state index >= 15 is 0 Å². The number of rotatable bonds is 22. The molecule has 1 amide bonds. The molecule has 0 saturated carbocycles. The summed E-state index contributed by atoms with van der Waals surface area (Å²) in [6, 6.07) is 16.8. The Morgan fingerprint density at radius 3 is 2.29 bits per heavy atom. The molecular formula is C56H73F2N11O7S. The number of ether oxygens (including phenoxy) is 4. The van der Waals surface area contributed by atoms with E-state index in [4.69, 9.17) is 23.9 Å². The molecule has 2 saturated heterocycles. The van der Waals surface area contributed by atoms with Gasteiger partial charge in [-0.2, -0.15) is 5.10 Å². The van der Waals surface area contributed by atoms with Gasteiger partial charge < -0.3 is 34.5 Å². The van der Waals surface area contributed by atoms with E-state index in [1.807, 2.05) is 11.1 Å². The van der Waals surface area contributed by atoms with Gasteiger partial charge >= 0.3 is 0 Å². The van der Waals surface area contributed by atoms with Gasteiger partial charge in [-0.25, -0.2) is 27.2 Å². The molecule has 18 nitrogen and oxygen atoms in total. The van der Waals surface area contributed by atoms with Gasteiger partial charge in [0.05, 0.1) is 73.3 Å². The van der Waals surface area contributed by atoms with Crippen LogP contribution in [-0.4, -0.2) is 182 Å². The number of piperazine rings is 2. The first kappa shape index (κ1) is 56.0. The molecule has 9 rings (SSSR count). The molecule has 3 aromatic carbocycles. The molecule has 6 aromatic rings. The molecule has 0 aliphatic carbocycles. The van der Waals surface area contributed by atoms with Gasteiger partial charge in [-0.05, 0) is 94.6 Å². The molecule has 0 spiro atoms. The maximum Gasteiger partial charge on any atom is 0.241 e. The molecule has 3 aliphatic heterocycles. The number of aromatic nitrogens is 5. The number of aromatic amines is 1. The van der Waals surface area contributed by atoms with Crippen LogP contribution >= 0.6 is 0 Å². The smallest absolute Gasteiger partial charge is 0.241 e. The molecule has 2 fully saturated rings. The third-order valence-corrected chi connectivity index (χ3v) is 17.2. The molecular weight excluding hydrogens is 1010 g/mol. The summed E-state index contributed by atoms with van der Waals surface area (Å²) in [5.41, 5.74) is 4.59. The number of anilines is 3. The third kappa shape index (κ3) is 13.4. The minimum absolute atomic E-state index is 0.0153. The number of carbonyl (C=O) groups excluding carboxylic acids is 1. The van der Waals surface area contributed by atoms with E-state index in [2.05, 4.69) is 79.3 Å². The van der Waals surface area contributed by atoms with E-state index in [-0.39, 0.29) is 53.1 Å². The van der Waals surface area contributed by atoms with Gasteiger partial charge in [-0.3, -0.25) is 29.6 Å². The van der Waals surface area contributed by atoms with E-state index in [0.717, 1.165) is 68.3 Å². The van der Waals surface area contributed by atoms with Crippen molar-refractivity contribution in [2.45, 2.75) is 88.1 Å². The quantitative estimate of drug-likeness (QED) is 0.0623. The Hall–Kier alpha value is -5.78. The maximum absolute atomic E-state index is 14.3. The van der Waals surface area contributed by atoms with Crippen molar-refractivity contribution in [2.24, 2.45) is 0 Å². The number of nitrogens with one attached hydrogen (secondary N) is 3. The number of pyridine rings is 1. The van der Waals surface area contributed by atoms with Crippen LogP contribution in [0.3, 0.4) is 0 Å². The van der Waals surface area contributed by atoms with Gasteiger partial charge in [-0.15, -0.1) is 0 Å². The molecule has 414 valence electrons. The van der Waals surface area contributed by atoms with Gasteiger partial charge in [0.1, 0.15) is 41.0 Å². The molecule has 77 heavy (non-hydrogen) atoms. The maximum atomic E-state index is 14.3. The molecule has 0 bridgehead atoms. The van der Waals surface area contributed by atoms with Crippen LogP contribution in [0.25, 0.3) is 21.8 Å². The van der Waals surface area contributed by atoms with Crippen molar-refractivity contribution in [2.75, 3.05) is 115 Å². The zero-order valence-corrected chi connectivity index (χ0v) is 46.1. The Bertz CT molecular complexity index is 3120. The summed E-state index contributed by atoms with van der Waals surface area (Å²) < 4.78 is 77.8. The Labute approximate surface area is 450 Å². The number of hydrogen-bond acceptors (Lipinski definition) is 16. The van der Waals surface area contributed by atoms with Gasteiger partial charge in [0.15, 0.2) is 15.7 Å². The predicted molar refractivity (Wildman–Crippen MR) is 293 cm³/mol. The van der Waals surface area contributed by atoms with Crippen molar-refractivity contribution in [3.63, 3.8) is 0 Å². The summed E-state index contributed by atoms with van der Waals surface area (Å²) in [7, 11) is -3.90. The monoisotopic (exact) mass is 1080 g/mol. The number of fused-ring (bicyclic) bond motifs is 3. The zero-order chi connectivity index (χ0) is 54.5. The molecule has 3 aliphatic rings. The van der Waals surface area contributed by atoms with Crippen LogP contribution in [-0.2, 0) is 40.7 Å². The van der Waals surface area contributed by atoms with Gasteiger partial charge in [0.2, 0.25) is 5.91 Å². The topological polar surface area (TPSA) is 192 Å². The van der Waals surface area contributed by atoms with Crippen molar-refractivity contribution in [3.05, 3.63) is 102 Å². The summed E-state index contributed by atoms with van der Waals surface area (Å²) in [6.07, 6.45) is 3.85. The summed E-state index contributed by atoms with van der Waals surface area (Å²) in [4.78, 5) is 37.2. The Morgan fingerprint density at radius 1 is 0.818 bits per heavy atom. The highest BCUT2D eigenvalue weighted by Crippen LogP contribution is 2.41. The lowest BCUT2D eigenvalue weighted by Crippen LogP contribution is -2.63. The van der Waals surface area contributed by atoms with Crippen molar-refractivity contribution in [3.8, 4) is 5.75 Å². The van der Waals surface area contributed by atoms with Gasteiger partial charge in [0, 0.05) is 98.9 Å². The summed E-state index contributed by atoms with van der Waals surface area (Å²) in [5.74, 6) is 0.172. The van der Waals surface area contributed by atoms with E-state index in [1.54, 1.807) is 45.0 Å². The van der Waals surface area contributed by atoms with Crippen LogP contribution in [0.2, 0.25) is 0 Å². The first-order valence-corrected chi connectivity index (χ1v) is 28.1. The van der Waals surface area contributed by atoms with Crippen LogP contribution in [0.5, 0.6) is 5.75 Å². The van der Waals surface area contributed by atoms with Crippen LogP contribution < -0.4 is 20.3 Å². The Kier molecular flexibility index (Phi) is 17.5. The molecule has 21 heteroatoms. The highest BCUT2D eigenvalue weighted by atomic mass is 32.2. The SMILES string of the molecule is C[C@@H]1CN(CC(=O)N2CC(C)(C)c3ncc(Cc4ccc(F)cc4)cc32)[C@@H](CN2CCN(CCOCCOCCOCCOc3cc4ncnc(Nc5n[nH]c6ccc(F)cc56)c4cc3S(=O)(=O)C(C)(C)C)C[C@H]2C)CN1. The second-order valence-electron chi connectivity index (χ2n) is 22.1. The summed E-state index contributed by atoms with van der Waals surface area (Å²) in [5, 5.41) is 14.8. The number of hydrogen-bond donors (Lipinski definition) is 3. The fourth-order valence-corrected chi connectivity index (χ4v) is 11.7. The minimum atomic E-state index is -3.90. The minimum Gasteiger partial charge on any atom is -0.490 e. The Balaban J connectivity index is 0.675. The average molecular weight is 1080 g/mol. The lowest BCUT2D eigenvalue weighted by Gasteiger charge is -2.45. The summed E-state index contributed by atoms with van der Waals surface area (Å²) >= 11 is 0. The van der Waals surface area contributed by atoms with E-state index in [9.17, 15) is 22.0 Å². The molecule has 6 heterocycles. The number of sulfone groups is 1. The number of carbonyl (C=O) groups is 1. The van der Waals surface area contributed by atoms with Crippen LogP contribution in [0.1, 0.15) is 65.3 Å². The van der Waals surface area contributed by atoms with E-state index in [0.29, 0.717) is 92.0 Å². The standard InChI is InChI=1S/C56H73F2N11O7S/c1-37-31-68(34-51(70)69-35-56(6,7)52-48(69)25-40(29-60-52)24-39-8-10-41(57)11-9-39)43(30-59-37)33-67-15-14-66(32-38(67)2)16-17-73-18-19-74-20-21-75-22-23-76-49-28-47-45(27-50(49)77(71,72)55(3,4)5)53(62-36-61-47)63-54-44-26-42(58)12-13-46(44)64-65-54/h8-13,25-29,36-38,43,59H,14-24,30-35H2,1-7H3,(H2,61,62,63,64,65)/t37-,38-,43-/m1/s1. The Morgan fingerprint density at radius 2 is 1.55 bits per heavy atom. The van der Waals surface area contributed by atoms with Crippen molar-refractivity contribution in [1.82, 2.24) is 45.2 Å². The molecule has 3 N–H and O–H groups in total. The third-order valence-electron chi connectivity index (χ3n) is 14.7. The average Bonchev–Trinajstić information content (AvgIpc) is 3.91. The normalized spacial score (nSPS) is 19.5. The second kappa shape index (κ2) is 24.1. The fourth-order valence-electron chi connectivity index (χ4n) is 10.4. The van der Waals surface area contributed by atoms with Crippen molar-refractivity contribution >= 4 is 54.9 Å². The highest BCUT2D eigenvalue weighted by molar-refractivity contribution is 7.92. The number of amides is 1. The van der Waals surface area contributed by atoms with Crippen molar-refractivity contribution < 1.29 is 40.9 Å². The zero-order valence-electron chi connectivity index (χ0n) is 45.3. The van der Waals surface area contributed by atoms with E-state index < -0.39 is 20.4 Å². The number of halogens is 2. The molecule has 3 atom stereocenters. The second-order valence-corrected chi connectivity index (χ2v) is 24.8. The first-order valence-electron chi connectivity index (χ1n) is 26.6. The van der Waals surface area contributed by atoms with Gasteiger partial charge in [0.25, 0.3) is 0 Å².